The number of amides is 1. The summed E-state index contributed by atoms with van der Waals surface area (Å²) in [4.78, 5) is 62.7. The summed E-state index contributed by atoms with van der Waals surface area (Å²) < 4.78 is 0. The number of hydrogen-bond donors (Lipinski definition) is 4. The summed E-state index contributed by atoms with van der Waals surface area (Å²) >= 11 is 0. The van der Waals surface area contributed by atoms with Crippen LogP contribution in [0.2, 0.25) is 6.04 Å². The first kappa shape index (κ1) is 44.7. The van der Waals surface area contributed by atoms with Crippen LogP contribution in [0.4, 0.5) is 0 Å². The monoisotopic (exact) mass is 848 g/mol. The maximum absolute atomic E-state index is 14.4. The molecule has 12 nitrogen and oxygen atoms in total. The zero-order valence-electron chi connectivity index (χ0n) is 30.6. The molecule has 5 rings (SSSR count). The first-order chi connectivity index (χ1) is 25.2. The number of hydrogen-bond acceptors (Lipinski definition) is 11. The van der Waals surface area contributed by atoms with Crippen LogP contribution < -0.4 is 10.4 Å². The van der Waals surface area contributed by atoms with Gasteiger partial charge < -0.3 is 24.8 Å². The number of aryl methyl sites for hydroxylation is 1. The third-order valence-corrected chi connectivity index (χ3v) is 9.44. The van der Waals surface area contributed by atoms with Gasteiger partial charge in [0, 0.05) is 83.1 Å². The number of benzene rings is 1. The van der Waals surface area contributed by atoms with Gasteiger partial charge in [0.25, 0.3) is 0 Å². The summed E-state index contributed by atoms with van der Waals surface area (Å²) in [5.74, 6) is -0.187. The van der Waals surface area contributed by atoms with Gasteiger partial charge in [0.05, 0.1) is 22.8 Å². The molecule has 0 unspecified atom stereocenters. The number of carbonyl (C=O) groups excluding carboxylic acids is 1. The Hall–Kier alpha value is -3.65. The Balaban J connectivity index is 0.00000392. The van der Waals surface area contributed by atoms with E-state index in [1.54, 1.807) is 24.8 Å². The minimum Gasteiger partial charge on any atom is -0.872 e. The Labute approximate surface area is 343 Å². The van der Waals surface area contributed by atoms with Crippen LogP contribution in [0.25, 0.3) is 0 Å². The van der Waals surface area contributed by atoms with Gasteiger partial charge in [-0.2, -0.15) is 0 Å². The summed E-state index contributed by atoms with van der Waals surface area (Å²) in [5, 5.41) is 17.2. The van der Waals surface area contributed by atoms with E-state index in [-0.39, 0.29) is 76.0 Å². The largest absolute Gasteiger partial charge is 2.00 e. The molecule has 4 aromatic heterocycles. The van der Waals surface area contributed by atoms with Gasteiger partial charge in [-0.3, -0.25) is 34.5 Å². The van der Waals surface area contributed by atoms with E-state index in [4.69, 9.17) is 0 Å². The van der Waals surface area contributed by atoms with E-state index < -0.39 is 8.80 Å². The molecule has 0 spiro atoms. The van der Waals surface area contributed by atoms with Crippen molar-refractivity contribution in [2.75, 3.05) is 6.54 Å². The first-order valence-electron chi connectivity index (χ1n) is 17.5. The van der Waals surface area contributed by atoms with E-state index in [1.807, 2.05) is 84.9 Å². The summed E-state index contributed by atoms with van der Waals surface area (Å²) in [6.07, 6.45) is 8.73. The van der Waals surface area contributed by atoms with Gasteiger partial charge in [-0.15, -0.1) is 0 Å². The van der Waals surface area contributed by atoms with Gasteiger partial charge in [0.15, 0.2) is 0 Å². The second-order valence-corrected chi connectivity index (χ2v) is 14.9. The standard InChI is InChI=1S/C39H47N7O5Si.2Zn/c47-38(44-21-10-22-52(49,50)51)16-9-11-31-23-32(25-45(27-34-12-1-5-17-40-34)28-35-13-2-6-18-41-35)39(48)33(24-31)26-46(29-36-14-3-7-19-42-36)30-37-15-4-8-20-43-37;;/h1-8,12-15,17-20,23-24,48-51H,9-11,16,21-22,25-30H2,(H,44,47);;/q;2*+2/p-1. The molecular formula is C39H46N7O5SiZn2+3. The van der Waals surface area contributed by atoms with Crippen LogP contribution in [0.3, 0.4) is 0 Å². The Morgan fingerprint density at radius 3 is 1.39 bits per heavy atom. The molecule has 0 aliphatic heterocycles. The minimum absolute atomic E-state index is 0. The average molecular weight is 852 g/mol. The fraction of sp³-hybridized carbons (Fsp3) is 0.308. The Morgan fingerprint density at radius 1 is 0.630 bits per heavy atom. The first-order valence-corrected chi connectivity index (χ1v) is 19.5. The maximum atomic E-state index is 14.4. The summed E-state index contributed by atoms with van der Waals surface area (Å²) in [6.45, 7) is 3.09. The fourth-order valence-electron chi connectivity index (χ4n) is 6.00. The molecule has 0 saturated heterocycles. The fourth-order valence-corrected chi connectivity index (χ4v) is 6.65. The van der Waals surface area contributed by atoms with E-state index in [1.165, 1.54) is 0 Å². The Morgan fingerprint density at radius 2 is 1.04 bits per heavy atom. The zero-order chi connectivity index (χ0) is 36.6. The Kier molecular flexibility index (Phi) is 19.3. The van der Waals surface area contributed by atoms with Gasteiger partial charge in [-0.05, 0) is 84.5 Å². The van der Waals surface area contributed by atoms with Crippen LogP contribution in [0, 0.1) is 0 Å². The normalized spacial score (nSPS) is 11.2. The zero-order valence-corrected chi connectivity index (χ0v) is 37.6. The van der Waals surface area contributed by atoms with Crippen molar-refractivity contribution in [2.24, 2.45) is 0 Å². The van der Waals surface area contributed by atoms with Gasteiger partial charge in [0.1, 0.15) is 0 Å². The van der Waals surface area contributed by atoms with Crippen molar-refractivity contribution in [2.45, 2.75) is 71.0 Å². The van der Waals surface area contributed by atoms with Crippen LogP contribution >= 0.6 is 0 Å². The summed E-state index contributed by atoms with van der Waals surface area (Å²) in [6, 6.07) is 27.0. The molecule has 0 aliphatic rings. The van der Waals surface area contributed by atoms with Crippen molar-refractivity contribution in [3.8, 4) is 5.75 Å². The molecule has 0 saturated carbocycles. The van der Waals surface area contributed by atoms with E-state index >= 15 is 0 Å². The molecule has 0 bridgehead atoms. The predicted octanol–water partition coefficient (Wildman–Crippen LogP) is 3.48. The number of aromatic nitrogens is 4. The predicted molar refractivity (Wildman–Crippen MR) is 197 cm³/mol. The molecule has 0 aliphatic carbocycles. The van der Waals surface area contributed by atoms with Crippen LogP contribution in [-0.4, -0.2) is 65.4 Å². The molecule has 4 N–H and O–H groups in total. The number of carbonyl (C=O) groups is 1. The van der Waals surface area contributed by atoms with Crippen molar-refractivity contribution in [1.82, 2.24) is 35.1 Å². The molecule has 272 valence electrons. The molecular weight excluding hydrogens is 805 g/mol. The topological polar surface area (TPSA) is 171 Å². The van der Waals surface area contributed by atoms with Crippen LogP contribution in [0.1, 0.15) is 58.7 Å². The van der Waals surface area contributed by atoms with E-state index in [0.29, 0.717) is 63.2 Å². The van der Waals surface area contributed by atoms with Crippen molar-refractivity contribution < 1.29 is 63.2 Å². The molecule has 0 atom stereocenters. The summed E-state index contributed by atoms with van der Waals surface area (Å²) in [7, 11) is -4.12. The Bertz CT molecular complexity index is 1620. The van der Waals surface area contributed by atoms with Gasteiger partial charge >= 0.3 is 47.8 Å². The molecule has 54 heavy (non-hydrogen) atoms. The quantitative estimate of drug-likeness (QED) is 0.0668. The smallest absolute Gasteiger partial charge is 0.872 e. The second kappa shape index (κ2) is 23.3. The van der Waals surface area contributed by atoms with Gasteiger partial charge in [-0.1, -0.05) is 42.1 Å². The second-order valence-electron chi connectivity index (χ2n) is 12.9. The van der Waals surface area contributed by atoms with Gasteiger partial charge in [0.2, 0.25) is 5.91 Å². The number of nitrogens with zero attached hydrogens (tertiary/aromatic N) is 6. The van der Waals surface area contributed by atoms with Crippen LogP contribution in [-0.2, 0) is 89.4 Å². The third-order valence-electron chi connectivity index (χ3n) is 8.42. The molecule has 1 amide bonds. The van der Waals surface area contributed by atoms with Crippen molar-refractivity contribution in [3.63, 3.8) is 0 Å². The SMILES string of the molecule is O=C(CCCc1cc(CN(Cc2ccccn2)Cc2ccccn2)c([O-])c(CN(Cc2ccccn2)Cc2ccccn2)c1)NCCC[Si](O)(O)O.[Zn+2].[Zn+2]. The van der Waals surface area contributed by atoms with Crippen molar-refractivity contribution in [1.29, 1.82) is 0 Å². The van der Waals surface area contributed by atoms with Gasteiger partial charge in [-0.25, -0.2) is 0 Å². The van der Waals surface area contributed by atoms with Crippen molar-refractivity contribution >= 4 is 14.7 Å². The molecule has 0 fully saturated rings. The minimum atomic E-state index is -4.12. The number of nitrogens with one attached hydrogen (secondary N) is 1. The summed E-state index contributed by atoms with van der Waals surface area (Å²) in [5.41, 5.74) is 5.81. The molecule has 5 aromatic rings. The molecule has 15 heteroatoms. The molecule has 0 radical (unpaired) electrons. The van der Waals surface area contributed by atoms with Crippen LogP contribution in [0.5, 0.6) is 5.75 Å². The number of rotatable bonds is 20. The third kappa shape index (κ3) is 16.0. The average Bonchev–Trinajstić information content (AvgIpc) is 3.13. The van der Waals surface area contributed by atoms with E-state index in [9.17, 15) is 24.3 Å². The number of pyridine rings is 4. The maximum Gasteiger partial charge on any atom is 2.00 e. The molecule has 1 aromatic carbocycles. The molecule has 4 heterocycles. The van der Waals surface area contributed by atoms with E-state index in [0.717, 1.165) is 28.3 Å². The van der Waals surface area contributed by atoms with Crippen LogP contribution in [0.15, 0.2) is 110 Å². The van der Waals surface area contributed by atoms with Crippen molar-refractivity contribution in [3.05, 3.63) is 149 Å². The van der Waals surface area contributed by atoms with E-state index in [2.05, 4.69) is 35.1 Å².